The molecule has 0 saturated carbocycles. The summed E-state index contributed by atoms with van der Waals surface area (Å²) in [4.78, 5) is 25.3. The normalized spacial score (nSPS) is 15.5. The Bertz CT molecular complexity index is 810. The van der Waals surface area contributed by atoms with Gasteiger partial charge in [0.2, 0.25) is 0 Å². The smallest absolute Gasteiger partial charge is 0.313 e. The van der Waals surface area contributed by atoms with Crippen LogP contribution in [-0.2, 0) is 20.7 Å². The Morgan fingerprint density at radius 2 is 2.04 bits per heavy atom. The maximum Gasteiger partial charge on any atom is 0.313 e. The van der Waals surface area contributed by atoms with Gasteiger partial charge in [0, 0.05) is 15.6 Å². The highest BCUT2D eigenvalue weighted by molar-refractivity contribution is 7.98. The van der Waals surface area contributed by atoms with Crippen molar-refractivity contribution in [3.05, 3.63) is 53.1 Å². The fourth-order valence-corrected chi connectivity index (χ4v) is 3.24. The van der Waals surface area contributed by atoms with Crippen molar-refractivity contribution in [2.45, 2.75) is 11.3 Å². The summed E-state index contributed by atoms with van der Waals surface area (Å²) < 4.78 is 10.7. The zero-order valence-corrected chi connectivity index (χ0v) is 15.7. The van der Waals surface area contributed by atoms with Crippen LogP contribution in [0.3, 0.4) is 0 Å². The van der Waals surface area contributed by atoms with Crippen LogP contribution in [0, 0.1) is 5.92 Å². The van der Waals surface area contributed by atoms with E-state index in [1.807, 2.05) is 18.4 Å². The second-order valence-corrected chi connectivity index (χ2v) is 7.16. The van der Waals surface area contributed by atoms with Gasteiger partial charge in [-0.25, -0.2) is 0 Å². The number of nitrogens with one attached hydrogen (secondary N) is 1. The van der Waals surface area contributed by atoms with E-state index >= 15 is 0 Å². The highest BCUT2D eigenvalue weighted by atomic mass is 35.5. The van der Waals surface area contributed by atoms with Crippen LogP contribution >= 0.6 is 23.4 Å². The summed E-state index contributed by atoms with van der Waals surface area (Å²) in [7, 11) is 0. The number of anilines is 1. The largest absolute Gasteiger partial charge is 0.492 e. The first-order valence-electron chi connectivity index (χ1n) is 8.07. The van der Waals surface area contributed by atoms with Crippen LogP contribution in [0.5, 0.6) is 5.75 Å². The first-order chi connectivity index (χ1) is 12.5. The molecule has 1 aliphatic rings. The predicted molar refractivity (Wildman–Crippen MR) is 102 cm³/mol. The van der Waals surface area contributed by atoms with E-state index in [-0.39, 0.29) is 19.1 Å². The molecule has 1 unspecified atom stereocenters. The third-order valence-electron chi connectivity index (χ3n) is 3.98. The maximum atomic E-state index is 12.2. The maximum absolute atomic E-state index is 12.2. The van der Waals surface area contributed by atoms with E-state index in [4.69, 9.17) is 21.1 Å². The summed E-state index contributed by atoms with van der Waals surface area (Å²) in [6.07, 6.45) is 2.46. The van der Waals surface area contributed by atoms with Gasteiger partial charge in [0.05, 0.1) is 5.92 Å². The molecule has 0 fully saturated rings. The van der Waals surface area contributed by atoms with Crippen molar-refractivity contribution in [1.29, 1.82) is 0 Å². The molecule has 5 nitrogen and oxygen atoms in total. The van der Waals surface area contributed by atoms with Gasteiger partial charge in [-0.1, -0.05) is 11.6 Å². The number of hydrogen-bond donors (Lipinski definition) is 1. The van der Waals surface area contributed by atoms with Gasteiger partial charge >= 0.3 is 5.97 Å². The molecule has 26 heavy (non-hydrogen) atoms. The van der Waals surface area contributed by atoms with Gasteiger partial charge in [0.25, 0.3) is 5.91 Å². The minimum atomic E-state index is -0.455. The number of amides is 1. The van der Waals surface area contributed by atoms with E-state index in [0.29, 0.717) is 17.1 Å². The van der Waals surface area contributed by atoms with Crippen molar-refractivity contribution in [2.75, 3.05) is 24.8 Å². The molecule has 3 rings (SSSR count). The summed E-state index contributed by atoms with van der Waals surface area (Å²) >= 11 is 7.60. The van der Waals surface area contributed by atoms with Gasteiger partial charge in [-0.05, 0) is 60.7 Å². The molecule has 7 heteroatoms. The fraction of sp³-hybridized carbons (Fsp3) is 0.263. The topological polar surface area (TPSA) is 64.6 Å². The number of benzene rings is 2. The quantitative estimate of drug-likeness (QED) is 0.620. The molecule has 0 bridgehead atoms. The molecule has 0 spiro atoms. The summed E-state index contributed by atoms with van der Waals surface area (Å²) in [5.41, 5.74) is 1.53. The lowest BCUT2D eigenvalue weighted by molar-refractivity contribution is -0.152. The average Bonchev–Trinajstić information content (AvgIpc) is 2.66. The van der Waals surface area contributed by atoms with Crippen LogP contribution in [0.25, 0.3) is 0 Å². The van der Waals surface area contributed by atoms with Gasteiger partial charge in [-0.3, -0.25) is 9.59 Å². The third kappa shape index (κ3) is 4.71. The number of thioether (sulfide) groups is 1. The van der Waals surface area contributed by atoms with E-state index in [1.54, 1.807) is 42.1 Å². The molecular weight excluding hydrogens is 374 g/mol. The van der Waals surface area contributed by atoms with E-state index < -0.39 is 11.9 Å². The predicted octanol–water partition coefficient (Wildman–Crippen LogP) is 3.79. The van der Waals surface area contributed by atoms with Crippen molar-refractivity contribution >= 4 is 40.9 Å². The van der Waals surface area contributed by atoms with Gasteiger partial charge in [-0.2, -0.15) is 0 Å². The van der Waals surface area contributed by atoms with E-state index in [2.05, 4.69) is 5.32 Å². The van der Waals surface area contributed by atoms with E-state index in [9.17, 15) is 9.59 Å². The number of esters is 1. The number of hydrogen-bond acceptors (Lipinski definition) is 5. The lowest BCUT2D eigenvalue weighted by Gasteiger charge is -2.24. The molecule has 0 saturated heterocycles. The van der Waals surface area contributed by atoms with Crippen molar-refractivity contribution in [3.63, 3.8) is 0 Å². The third-order valence-corrected chi connectivity index (χ3v) is 4.96. The second-order valence-electron chi connectivity index (χ2n) is 5.85. The minimum Gasteiger partial charge on any atom is -0.492 e. The summed E-state index contributed by atoms with van der Waals surface area (Å²) in [6.45, 7) is -0.104. The molecule has 0 aliphatic carbocycles. The fourth-order valence-electron chi connectivity index (χ4n) is 2.64. The molecule has 1 heterocycles. The zero-order valence-electron chi connectivity index (χ0n) is 14.2. The van der Waals surface area contributed by atoms with E-state index in [1.165, 1.54) is 0 Å². The van der Waals surface area contributed by atoms with Crippen molar-refractivity contribution < 1.29 is 19.1 Å². The summed E-state index contributed by atoms with van der Waals surface area (Å²) in [5, 5.41) is 3.29. The summed E-state index contributed by atoms with van der Waals surface area (Å²) in [5.74, 6) is -0.557. The SMILES string of the molecule is CSc1ccc(NC(=O)COC(=O)C2COc3ccc(Cl)cc3C2)cc1. The van der Waals surface area contributed by atoms with Gasteiger partial charge in [0.1, 0.15) is 12.4 Å². The number of ether oxygens (including phenoxy) is 2. The molecule has 0 aromatic heterocycles. The van der Waals surface area contributed by atoms with E-state index in [0.717, 1.165) is 16.2 Å². The van der Waals surface area contributed by atoms with Crippen molar-refractivity contribution in [2.24, 2.45) is 5.92 Å². The van der Waals surface area contributed by atoms with Crippen LogP contribution in [0.1, 0.15) is 5.56 Å². The Labute approximate surface area is 161 Å². The number of carbonyl (C=O) groups excluding carboxylic acids is 2. The highest BCUT2D eigenvalue weighted by Crippen LogP contribution is 2.30. The molecule has 1 N–H and O–H groups in total. The Morgan fingerprint density at radius 3 is 2.77 bits per heavy atom. The molecule has 1 atom stereocenters. The number of halogens is 1. The van der Waals surface area contributed by atoms with Crippen LogP contribution in [-0.4, -0.2) is 31.3 Å². The first-order valence-corrected chi connectivity index (χ1v) is 9.67. The zero-order chi connectivity index (χ0) is 18.5. The number of fused-ring (bicyclic) bond motifs is 1. The number of rotatable bonds is 5. The molecule has 1 aliphatic heterocycles. The van der Waals surface area contributed by atoms with Crippen LogP contribution in [0.2, 0.25) is 5.02 Å². The Kier molecular flexibility index (Phi) is 6.06. The Balaban J connectivity index is 1.49. The molecule has 2 aromatic carbocycles. The second kappa shape index (κ2) is 8.47. The molecule has 136 valence electrons. The lowest BCUT2D eigenvalue weighted by atomic mass is 9.97. The Hall–Kier alpha value is -2.18. The van der Waals surface area contributed by atoms with Crippen LogP contribution < -0.4 is 10.1 Å². The first kappa shape index (κ1) is 18.6. The average molecular weight is 392 g/mol. The van der Waals surface area contributed by atoms with Gasteiger partial charge in [0.15, 0.2) is 6.61 Å². The summed E-state index contributed by atoms with van der Waals surface area (Å²) in [6, 6.07) is 12.7. The molecule has 1 amide bonds. The lowest BCUT2D eigenvalue weighted by Crippen LogP contribution is -2.31. The standard InChI is InChI=1S/C19H18ClNO4S/c1-26-16-5-3-15(4-6-16)21-18(22)11-25-19(23)13-8-12-9-14(20)2-7-17(12)24-10-13/h2-7,9,13H,8,10-11H2,1H3,(H,21,22). The number of carbonyl (C=O) groups is 2. The molecule has 0 radical (unpaired) electrons. The van der Waals surface area contributed by atoms with Gasteiger partial charge in [-0.15, -0.1) is 11.8 Å². The molecule has 2 aromatic rings. The van der Waals surface area contributed by atoms with Crippen LogP contribution in [0.4, 0.5) is 5.69 Å². The minimum absolute atomic E-state index is 0.227. The highest BCUT2D eigenvalue weighted by Gasteiger charge is 2.27. The van der Waals surface area contributed by atoms with Crippen molar-refractivity contribution in [1.82, 2.24) is 0 Å². The monoisotopic (exact) mass is 391 g/mol. The van der Waals surface area contributed by atoms with Crippen molar-refractivity contribution in [3.8, 4) is 5.75 Å². The van der Waals surface area contributed by atoms with Gasteiger partial charge < -0.3 is 14.8 Å². The Morgan fingerprint density at radius 1 is 1.27 bits per heavy atom. The van der Waals surface area contributed by atoms with Crippen LogP contribution in [0.15, 0.2) is 47.4 Å². The molecular formula is C19H18ClNO4S.